The summed E-state index contributed by atoms with van der Waals surface area (Å²) < 4.78 is 0. The lowest BCUT2D eigenvalue weighted by Crippen LogP contribution is -2.39. The Kier molecular flexibility index (Phi) is 4.71. The molecule has 2 aliphatic rings. The molecule has 1 saturated heterocycles. The molecule has 1 aliphatic heterocycles. The van der Waals surface area contributed by atoms with Crippen LogP contribution in [0.2, 0.25) is 0 Å². The van der Waals surface area contributed by atoms with Gasteiger partial charge in [-0.25, -0.2) is 0 Å². The highest BCUT2D eigenvalue weighted by molar-refractivity contribution is 4.86. The molecule has 2 nitrogen and oxygen atoms in total. The normalized spacial score (nSPS) is 42.7. The van der Waals surface area contributed by atoms with E-state index in [0.29, 0.717) is 5.92 Å². The highest BCUT2D eigenvalue weighted by Crippen LogP contribution is 2.35. The fourth-order valence-corrected chi connectivity index (χ4v) is 3.82. The van der Waals surface area contributed by atoms with Crippen LogP contribution in [-0.2, 0) is 0 Å². The second kappa shape index (κ2) is 5.92. The largest absolute Gasteiger partial charge is 0.393 e. The Morgan fingerprint density at radius 2 is 1.72 bits per heavy atom. The van der Waals surface area contributed by atoms with Gasteiger partial charge < -0.3 is 10.0 Å². The first-order valence-electron chi connectivity index (χ1n) is 7.87. The van der Waals surface area contributed by atoms with E-state index in [1.165, 1.54) is 25.9 Å². The quantitative estimate of drug-likeness (QED) is 0.836. The summed E-state index contributed by atoms with van der Waals surface area (Å²) in [6, 6.07) is 0. The van der Waals surface area contributed by atoms with Gasteiger partial charge in [-0.15, -0.1) is 0 Å². The Hall–Kier alpha value is -0.0800. The van der Waals surface area contributed by atoms with Crippen molar-refractivity contribution in [2.24, 2.45) is 29.6 Å². The van der Waals surface area contributed by atoms with E-state index in [0.717, 1.165) is 36.6 Å². The molecule has 0 radical (unpaired) electrons. The van der Waals surface area contributed by atoms with Crippen molar-refractivity contribution in [1.82, 2.24) is 4.90 Å². The van der Waals surface area contributed by atoms with E-state index in [1.54, 1.807) is 0 Å². The highest BCUT2D eigenvalue weighted by Gasteiger charge is 2.34. The van der Waals surface area contributed by atoms with E-state index < -0.39 is 0 Å². The summed E-state index contributed by atoms with van der Waals surface area (Å²) in [5, 5.41) is 10.2. The number of likely N-dealkylation sites (tertiary alicyclic amines) is 1. The molecule has 0 aromatic carbocycles. The maximum Gasteiger partial charge on any atom is 0.0580 e. The van der Waals surface area contributed by atoms with Crippen molar-refractivity contribution in [3.8, 4) is 0 Å². The number of rotatable bonds is 3. The van der Waals surface area contributed by atoms with Gasteiger partial charge in [0.1, 0.15) is 0 Å². The topological polar surface area (TPSA) is 23.5 Å². The second-order valence-electron chi connectivity index (χ2n) is 7.32. The summed E-state index contributed by atoms with van der Waals surface area (Å²) in [7, 11) is 0. The zero-order valence-corrected chi connectivity index (χ0v) is 12.6. The molecule has 1 N–H and O–H groups in total. The van der Waals surface area contributed by atoms with Gasteiger partial charge in [-0.05, 0) is 48.9 Å². The lowest BCUT2D eigenvalue weighted by Gasteiger charge is -2.37. The molecular weight excluding hydrogens is 222 g/mol. The molecule has 0 aromatic rings. The van der Waals surface area contributed by atoms with Crippen molar-refractivity contribution in [3.63, 3.8) is 0 Å². The zero-order chi connectivity index (χ0) is 13.3. The molecule has 0 amide bonds. The average molecular weight is 253 g/mol. The average Bonchev–Trinajstić information content (AvgIpc) is 2.61. The van der Waals surface area contributed by atoms with Crippen molar-refractivity contribution in [3.05, 3.63) is 0 Å². The predicted octanol–water partition coefficient (Wildman–Crippen LogP) is 3.01. The van der Waals surface area contributed by atoms with Crippen LogP contribution in [-0.4, -0.2) is 35.7 Å². The van der Waals surface area contributed by atoms with E-state index in [9.17, 15) is 5.11 Å². The molecule has 0 aromatic heterocycles. The maximum atomic E-state index is 10.2. The molecule has 18 heavy (non-hydrogen) atoms. The van der Waals surface area contributed by atoms with Gasteiger partial charge >= 0.3 is 0 Å². The Labute approximate surface area is 113 Å². The molecule has 1 aliphatic carbocycles. The molecular formula is C16H31NO. The predicted molar refractivity (Wildman–Crippen MR) is 76.4 cm³/mol. The van der Waals surface area contributed by atoms with E-state index in [4.69, 9.17) is 0 Å². The second-order valence-corrected chi connectivity index (χ2v) is 7.32. The third-order valence-corrected chi connectivity index (χ3v) is 5.48. The summed E-state index contributed by atoms with van der Waals surface area (Å²) >= 11 is 0. The smallest absolute Gasteiger partial charge is 0.0580 e. The summed E-state index contributed by atoms with van der Waals surface area (Å²) in [5.41, 5.74) is 0. The van der Waals surface area contributed by atoms with E-state index >= 15 is 0 Å². The Bertz CT molecular complexity index is 256. The Balaban J connectivity index is 1.87. The van der Waals surface area contributed by atoms with Crippen LogP contribution in [0.3, 0.4) is 0 Å². The van der Waals surface area contributed by atoms with Crippen LogP contribution in [0, 0.1) is 29.6 Å². The number of aliphatic hydroxyl groups excluding tert-OH is 1. The molecule has 2 heteroatoms. The SMILES string of the molecule is CC(C)C1CCC(O)C(CN2CC(C)C(C)C2)C1. The number of hydrogen-bond donors (Lipinski definition) is 1. The van der Waals surface area contributed by atoms with Gasteiger partial charge in [0, 0.05) is 19.6 Å². The number of aliphatic hydroxyl groups is 1. The fourth-order valence-electron chi connectivity index (χ4n) is 3.82. The standard InChI is InChI=1S/C16H31NO/c1-11(2)14-5-6-16(18)15(7-14)10-17-8-12(3)13(4)9-17/h11-16,18H,5-10H2,1-4H3. The van der Waals surface area contributed by atoms with Crippen LogP contribution in [0.4, 0.5) is 0 Å². The summed E-state index contributed by atoms with van der Waals surface area (Å²) in [5.74, 6) is 3.77. The van der Waals surface area contributed by atoms with Gasteiger partial charge in [-0.3, -0.25) is 0 Å². The third kappa shape index (κ3) is 3.27. The highest BCUT2D eigenvalue weighted by atomic mass is 16.3. The van der Waals surface area contributed by atoms with Crippen molar-refractivity contribution < 1.29 is 5.11 Å². The maximum absolute atomic E-state index is 10.2. The first kappa shape index (κ1) is 14.3. The van der Waals surface area contributed by atoms with Crippen LogP contribution in [0.25, 0.3) is 0 Å². The van der Waals surface area contributed by atoms with Gasteiger partial charge in [-0.2, -0.15) is 0 Å². The van der Waals surface area contributed by atoms with Gasteiger partial charge in [0.15, 0.2) is 0 Å². The molecule has 2 fully saturated rings. The lowest BCUT2D eigenvalue weighted by molar-refractivity contribution is 0.0214. The van der Waals surface area contributed by atoms with Crippen LogP contribution in [0.5, 0.6) is 0 Å². The molecule has 1 heterocycles. The minimum Gasteiger partial charge on any atom is -0.393 e. The molecule has 1 saturated carbocycles. The summed E-state index contributed by atoms with van der Waals surface area (Å²) in [4.78, 5) is 2.59. The Morgan fingerprint density at radius 1 is 1.11 bits per heavy atom. The fraction of sp³-hybridized carbons (Fsp3) is 1.00. The van der Waals surface area contributed by atoms with Crippen molar-refractivity contribution in [2.75, 3.05) is 19.6 Å². The van der Waals surface area contributed by atoms with Crippen LogP contribution in [0.15, 0.2) is 0 Å². The number of hydrogen-bond acceptors (Lipinski definition) is 2. The van der Waals surface area contributed by atoms with Crippen LogP contribution >= 0.6 is 0 Å². The molecule has 2 rings (SSSR count). The van der Waals surface area contributed by atoms with Gasteiger partial charge in [0.2, 0.25) is 0 Å². The van der Waals surface area contributed by atoms with Crippen LogP contribution in [0.1, 0.15) is 47.0 Å². The van der Waals surface area contributed by atoms with Crippen LogP contribution < -0.4 is 0 Å². The number of nitrogens with zero attached hydrogens (tertiary/aromatic N) is 1. The van der Waals surface area contributed by atoms with Gasteiger partial charge in [0.05, 0.1) is 6.10 Å². The third-order valence-electron chi connectivity index (χ3n) is 5.48. The monoisotopic (exact) mass is 253 g/mol. The molecule has 0 bridgehead atoms. The van der Waals surface area contributed by atoms with Crippen molar-refractivity contribution >= 4 is 0 Å². The Morgan fingerprint density at radius 3 is 2.28 bits per heavy atom. The minimum atomic E-state index is -0.0498. The lowest BCUT2D eigenvalue weighted by atomic mass is 9.74. The summed E-state index contributed by atoms with van der Waals surface area (Å²) in [6.45, 7) is 13.0. The van der Waals surface area contributed by atoms with E-state index in [2.05, 4.69) is 32.6 Å². The first-order chi connectivity index (χ1) is 8.47. The molecule has 5 unspecified atom stereocenters. The van der Waals surface area contributed by atoms with Crippen molar-refractivity contribution in [1.29, 1.82) is 0 Å². The van der Waals surface area contributed by atoms with E-state index in [-0.39, 0.29) is 6.10 Å². The van der Waals surface area contributed by atoms with Gasteiger partial charge in [0.25, 0.3) is 0 Å². The molecule has 5 atom stereocenters. The minimum absolute atomic E-state index is 0.0498. The molecule has 106 valence electrons. The zero-order valence-electron chi connectivity index (χ0n) is 12.6. The molecule has 0 spiro atoms. The summed E-state index contributed by atoms with van der Waals surface area (Å²) in [6.07, 6.45) is 3.43. The van der Waals surface area contributed by atoms with E-state index in [1.807, 2.05) is 0 Å². The van der Waals surface area contributed by atoms with Crippen molar-refractivity contribution in [2.45, 2.75) is 53.1 Å². The van der Waals surface area contributed by atoms with Gasteiger partial charge in [-0.1, -0.05) is 27.7 Å². The first-order valence-corrected chi connectivity index (χ1v) is 7.87.